The molecule has 0 radical (unpaired) electrons. The van der Waals surface area contributed by atoms with E-state index in [2.05, 4.69) is 15.5 Å². The molecular weight excluding hydrogens is 413 g/mol. The first kappa shape index (κ1) is 20.7. The average Bonchev–Trinajstić information content (AvgIpc) is 3.39. The number of hydrogen-bond acceptors (Lipinski definition) is 7. The lowest BCUT2D eigenvalue weighted by molar-refractivity contribution is 0.0799. The highest BCUT2D eigenvalue weighted by molar-refractivity contribution is 5.97. The predicted octanol–water partition coefficient (Wildman–Crippen LogP) is 2.96. The third-order valence-electron chi connectivity index (χ3n) is 6.59. The smallest absolute Gasteiger partial charge is 0.289 e. The number of nitrogens with zero attached hydrogens (tertiary/aromatic N) is 4. The molecule has 8 nitrogen and oxygen atoms in total. The molecule has 5 rings (SSSR count). The lowest BCUT2D eigenvalue weighted by Crippen LogP contribution is -2.55. The normalized spacial score (nSPS) is 24.6. The summed E-state index contributed by atoms with van der Waals surface area (Å²) < 4.78 is 20.6. The Balaban J connectivity index is 1.41. The largest absolute Gasteiger partial charge is 0.507 e. The number of carbonyl (C=O) groups excluding carboxylic acids is 1. The van der Waals surface area contributed by atoms with Crippen molar-refractivity contribution in [2.24, 2.45) is 0 Å². The highest BCUT2D eigenvalue weighted by Gasteiger charge is 2.43. The van der Waals surface area contributed by atoms with E-state index < -0.39 is 6.17 Å². The lowest BCUT2D eigenvalue weighted by atomic mass is 9.96. The second-order valence-electron chi connectivity index (χ2n) is 8.90. The van der Waals surface area contributed by atoms with Gasteiger partial charge in [0.05, 0.1) is 11.7 Å². The van der Waals surface area contributed by atoms with Gasteiger partial charge in [0.15, 0.2) is 11.6 Å². The number of anilines is 1. The molecule has 168 valence electrons. The molecular formula is C23H26FN5O3. The van der Waals surface area contributed by atoms with Gasteiger partial charge in [-0.2, -0.15) is 0 Å². The molecule has 0 aliphatic carbocycles. The van der Waals surface area contributed by atoms with Gasteiger partial charge < -0.3 is 24.6 Å². The molecule has 2 unspecified atom stereocenters. The van der Waals surface area contributed by atoms with Gasteiger partial charge in [-0.1, -0.05) is 0 Å². The maximum Gasteiger partial charge on any atom is 0.289 e. The van der Waals surface area contributed by atoms with Crippen molar-refractivity contribution >= 4 is 22.7 Å². The van der Waals surface area contributed by atoms with Crippen molar-refractivity contribution < 1.29 is 18.7 Å². The number of amides is 1. The molecule has 0 spiro atoms. The van der Waals surface area contributed by atoms with E-state index in [1.165, 1.54) is 4.90 Å². The van der Waals surface area contributed by atoms with Gasteiger partial charge in [-0.3, -0.25) is 4.79 Å². The molecule has 4 heterocycles. The van der Waals surface area contributed by atoms with Crippen LogP contribution in [0.3, 0.4) is 0 Å². The van der Waals surface area contributed by atoms with E-state index in [0.717, 1.165) is 19.3 Å². The van der Waals surface area contributed by atoms with Crippen LogP contribution in [-0.4, -0.2) is 71.6 Å². The summed E-state index contributed by atoms with van der Waals surface area (Å²) in [5, 5.41) is 23.1. The van der Waals surface area contributed by atoms with Gasteiger partial charge in [0.1, 0.15) is 17.5 Å². The number of aromatic hydroxyl groups is 1. The number of nitrogens with one attached hydrogen (secondary N) is 1. The van der Waals surface area contributed by atoms with Crippen LogP contribution in [0.2, 0.25) is 0 Å². The van der Waals surface area contributed by atoms with Crippen molar-refractivity contribution in [1.29, 1.82) is 0 Å². The minimum atomic E-state index is -0.954. The molecule has 2 bridgehead atoms. The van der Waals surface area contributed by atoms with Crippen LogP contribution in [0.25, 0.3) is 22.2 Å². The van der Waals surface area contributed by atoms with Gasteiger partial charge in [0.25, 0.3) is 5.91 Å². The standard InChI is InChI=1S/C23H26FN5O3/c1-28(2)23(31)20-9-12-8-18(30)14(11-19(12)32-20)15-6-7-21(27-26-15)29(3)17-10-13-4-5-16(25-13)22(17)24/h6-9,11,13,16-17,22,25,30H,4-5,10H2,1-3H3/t13?,16?,17-,22+/m1/s1. The fourth-order valence-corrected chi connectivity index (χ4v) is 4.78. The van der Waals surface area contributed by atoms with Crippen LogP contribution in [-0.2, 0) is 0 Å². The van der Waals surface area contributed by atoms with Crippen molar-refractivity contribution in [2.75, 3.05) is 26.0 Å². The van der Waals surface area contributed by atoms with Crippen LogP contribution in [0, 0.1) is 0 Å². The van der Waals surface area contributed by atoms with Gasteiger partial charge in [0, 0.05) is 44.2 Å². The minimum Gasteiger partial charge on any atom is -0.507 e. The Kier molecular flexibility index (Phi) is 5.00. The Hall–Kier alpha value is -3.20. The summed E-state index contributed by atoms with van der Waals surface area (Å²) in [7, 11) is 5.14. The van der Waals surface area contributed by atoms with Crippen LogP contribution < -0.4 is 10.2 Å². The maximum absolute atomic E-state index is 14.9. The summed E-state index contributed by atoms with van der Waals surface area (Å²) in [5.74, 6) is 0.532. The number of piperidine rings is 1. The fraction of sp³-hybridized carbons (Fsp3) is 0.435. The number of aromatic nitrogens is 2. The third kappa shape index (κ3) is 3.46. The quantitative estimate of drug-likeness (QED) is 0.645. The minimum absolute atomic E-state index is 0.0105. The summed E-state index contributed by atoms with van der Waals surface area (Å²) in [4.78, 5) is 15.5. The summed E-state index contributed by atoms with van der Waals surface area (Å²) >= 11 is 0. The molecule has 32 heavy (non-hydrogen) atoms. The van der Waals surface area contributed by atoms with E-state index in [4.69, 9.17) is 4.42 Å². The number of carbonyl (C=O) groups is 1. The van der Waals surface area contributed by atoms with Gasteiger partial charge in [-0.05, 0) is 49.6 Å². The number of hydrogen-bond donors (Lipinski definition) is 2. The molecule has 9 heteroatoms. The van der Waals surface area contributed by atoms with Crippen LogP contribution in [0.1, 0.15) is 29.8 Å². The van der Waals surface area contributed by atoms with E-state index in [-0.39, 0.29) is 29.5 Å². The van der Waals surface area contributed by atoms with E-state index in [0.29, 0.717) is 34.1 Å². The molecule has 2 N–H and O–H groups in total. The predicted molar refractivity (Wildman–Crippen MR) is 119 cm³/mol. The zero-order valence-electron chi connectivity index (χ0n) is 18.2. The number of benzene rings is 1. The number of furan rings is 1. The lowest BCUT2D eigenvalue weighted by Gasteiger charge is -2.38. The number of halogens is 1. The third-order valence-corrected chi connectivity index (χ3v) is 6.59. The second-order valence-corrected chi connectivity index (χ2v) is 8.90. The molecule has 1 amide bonds. The van der Waals surface area contributed by atoms with Gasteiger partial charge in [-0.15, -0.1) is 10.2 Å². The SMILES string of the molecule is CN(C)C(=O)c1cc2cc(O)c(-c3ccc(N(C)[C@@H]4CC5CCC(N5)[C@@H]4F)nn3)cc2o1. The Morgan fingerprint density at radius 1 is 1.19 bits per heavy atom. The highest BCUT2D eigenvalue weighted by atomic mass is 19.1. The molecule has 0 saturated carbocycles. The number of phenols is 1. The molecule has 3 aromatic rings. The molecule has 2 saturated heterocycles. The number of phenolic OH excluding ortho intramolecular Hbond substituents is 1. The zero-order valence-corrected chi connectivity index (χ0v) is 18.2. The van der Waals surface area contributed by atoms with E-state index >= 15 is 0 Å². The van der Waals surface area contributed by atoms with Crippen LogP contribution in [0.4, 0.5) is 10.2 Å². The molecule has 2 aromatic heterocycles. The monoisotopic (exact) mass is 439 g/mol. The number of rotatable bonds is 4. The Morgan fingerprint density at radius 3 is 2.72 bits per heavy atom. The van der Waals surface area contributed by atoms with Crippen LogP contribution in [0.15, 0.2) is 34.7 Å². The van der Waals surface area contributed by atoms with Crippen molar-refractivity contribution in [1.82, 2.24) is 20.4 Å². The van der Waals surface area contributed by atoms with E-state index in [1.54, 1.807) is 44.4 Å². The van der Waals surface area contributed by atoms with Crippen molar-refractivity contribution in [3.8, 4) is 17.0 Å². The Bertz CT molecular complexity index is 1160. The van der Waals surface area contributed by atoms with Gasteiger partial charge >= 0.3 is 0 Å². The Labute approximate surface area is 185 Å². The summed E-state index contributed by atoms with van der Waals surface area (Å²) in [6, 6.07) is 8.35. The molecule has 1 aromatic carbocycles. The summed E-state index contributed by atoms with van der Waals surface area (Å²) in [6.45, 7) is 0. The van der Waals surface area contributed by atoms with Gasteiger partial charge in [-0.25, -0.2) is 4.39 Å². The molecule has 2 fully saturated rings. The molecule has 2 aliphatic rings. The number of fused-ring (bicyclic) bond motifs is 3. The zero-order chi connectivity index (χ0) is 22.6. The van der Waals surface area contributed by atoms with Crippen molar-refractivity contribution in [2.45, 2.75) is 43.6 Å². The van der Waals surface area contributed by atoms with Crippen LogP contribution in [0.5, 0.6) is 5.75 Å². The molecule has 2 aliphatic heterocycles. The van der Waals surface area contributed by atoms with Gasteiger partial charge in [0.2, 0.25) is 0 Å². The Morgan fingerprint density at radius 2 is 2.00 bits per heavy atom. The first-order valence-electron chi connectivity index (χ1n) is 10.8. The first-order chi connectivity index (χ1) is 15.3. The maximum atomic E-state index is 14.9. The second kappa shape index (κ2) is 7.74. The summed E-state index contributed by atoms with van der Waals surface area (Å²) in [6.07, 6.45) is 1.67. The fourth-order valence-electron chi connectivity index (χ4n) is 4.78. The van der Waals surface area contributed by atoms with E-state index in [1.807, 2.05) is 11.9 Å². The van der Waals surface area contributed by atoms with Crippen molar-refractivity contribution in [3.63, 3.8) is 0 Å². The van der Waals surface area contributed by atoms with Crippen LogP contribution >= 0.6 is 0 Å². The molecule has 4 atom stereocenters. The summed E-state index contributed by atoms with van der Waals surface area (Å²) in [5.41, 5.74) is 1.37. The van der Waals surface area contributed by atoms with E-state index in [9.17, 15) is 14.3 Å². The van der Waals surface area contributed by atoms with Crippen molar-refractivity contribution in [3.05, 3.63) is 36.1 Å². The first-order valence-corrected chi connectivity index (χ1v) is 10.8. The average molecular weight is 439 g/mol. The highest BCUT2D eigenvalue weighted by Crippen LogP contribution is 2.36. The number of alkyl halides is 1. The topological polar surface area (TPSA) is 94.7 Å².